The third-order valence-electron chi connectivity index (χ3n) is 0.485. The van der Waals surface area contributed by atoms with E-state index in [4.69, 9.17) is 0 Å². The van der Waals surface area contributed by atoms with Crippen LogP contribution >= 0.6 is 0 Å². The second-order valence-corrected chi connectivity index (χ2v) is 3.56. The van der Waals surface area contributed by atoms with E-state index >= 15 is 0 Å². The van der Waals surface area contributed by atoms with Crippen LogP contribution < -0.4 is 27.9 Å². The molecule has 5 heteroatoms. The van der Waals surface area contributed by atoms with Gasteiger partial charge in [0.25, 0.3) is 0 Å². The number of hydrogen-bond acceptors (Lipinski definition) is 3. The molecule has 0 saturated heterocycles. The van der Waals surface area contributed by atoms with E-state index in [0.29, 0.717) is 12.5 Å². The van der Waals surface area contributed by atoms with Crippen LogP contribution in [-0.2, 0) is 22.5 Å². The van der Waals surface area contributed by atoms with Crippen molar-refractivity contribution in [3.05, 3.63) is 0 Å². The fourth-order valence-electron chi connectivity index (χ4n) is 0.177. The van der Waals surface area contributed by atoms with Crippen molar-refractivity contribution in [2.24, 2.45) is 5.92 Å². The van der Waals surface area contributed by atoms with E-state index in [2.05, 4.69) is 3.07 Å². The molecule has 0 N–H and O–H groups in total. The molecule has 0 atom stereocenters. The maximum Gasteiger partial charge on any atom is 0.506 e. The van der Waals surface area contributed by atoms with Gasteiger partial charge in [-0.2, -0.15) is 0 Å². The van der Waals surface area contributed by atoms with Crippen molar-refractivity contribution < 1.29 is 50.5 Å². The standard InChI is InChI=1S/C4H9IO3.Zn/c1-4(2)3-8-5(6)7;/h4H,3H2,1-2H3;. The monoisotopic (exact) mass is 296 g/mol. The summed E-state index contributed by atoms with van der Waals surface area (Å²) in [5, 5.41) is 0. The smallest absolute Gasteiger partial charge is 0.396 e. The Morgan fingerprint density at radius 3 is 2.00 bits per heavy atom. The third-order valence-corrected chi connectivity index (χ3v) is 1.35. The summed E-state index contributed by atoms with van der Waals surface area (Å²) < 4.78 is 24.0. The maximum atomic E-state index is 9.81. The Morgan fingerprint density at radius 1 is 1.44 bits per heavy atom. The summed E-state index contributed by atoms with van der Waals surface area (Å²) in [7, 11) is 0. The zero-order chi connectivity index (χ0) is 6.57. The first-order valence-corrected chi connectivity index (χ1v) is 4.96. The molecule has 9 heavy (non-hydrogen) atoms. The van der Waals surface area contributed by atoms with Gasteiger partial charge in [0, 0.05) is 19.5 Å². The van der Waals surface area contributed by atoms with Gasteiger partial charge in [-0.15, -0.1) is 0 Å². The fourth-order valence-corrected chi connectivity index (χ4v) is 1.19. The van der Waals surface area contributed by atoms with Gasteiger partial charge in [-0.1, -0.05) is 13.8 Å². The molecular formula is C4H9IO3Zn. The molecule has 0 saturated carbocycles. The SMILES string of the molecule is CC(C)CO[I+2]([O-])[O-].[Zn]. The van der Waals surface area contributed by atoms with E-state index in [1.807, 2.05) is 13.8 Å². The van der Waals surface area contributed by atoms with Gasteiger partial charge in [-0.3, -0.25) is 0 Å². The Balaban J connectivity index is 0. The summed E-state index contributed by atoms with van der Waals surface area (Å²) in [6, 6.07) is 0. The van der Waals surface area contributed by atoms with E-state index in [-0.39, 0.29) is 19.5 Å². The Hall–Kier alpha value is 1.23. The van der Waals surface area contributed by atoms with Gasteiger partial charge in [-0.25, -0.2) is 0 Å². The summed E-state index contributed by atoms with van der Waals surface area (Å²) in [5.74, 6) is 0.303. The maximum absolute atomic E-state index is 9.81. The normalized spacial score (nSPS) is 10.0. The molecule has 0 aliphatic heterocycles. The molecule has 0 spiro atoms. The van der Waals surface area contributed by atoms with Crippen LogP contribution in [0.25, 0.3) is 0 Å². The molecule has 0 rings (SSSR count). The second kappa shape index (κ2) is 7.34. The van der Waals surface area contributed by atoms with Crippen LogP contribution in [0.1, 0.15) is 13.8 Å². The molecule has 0 fully saturated rings. The van der Waals surface area contributed by atoms with E-state index in [9.17, 15) is 6.87 Å². The summed E-state index contributed by atoms with van der Waals surface area (Å²) in [4.78, 5) is 0. The minimum Gasteiger partial charge on any atom is -0.396 e. The number of hydrogen-bond donors (Lipinski definition) is 0. The van der Waals surface area contributed by atoms with Crippen LogP contribution in [0.15, 0.2) is 0 Å². The van der Waals surface area contributed by atoms with Crippen LogP contribution in [0.4, 0.5) is 0 Å². The molecule has 0 bridgehead atoms. The van der Waals surface area contributed by atoms with E-state index in [1.165, 1.54) is 0 Å². The van der Waals surface area contributed by atoms with Gasteiger partial charge in [0.1, 0.15) is 6.61 Å². The van der Waals surface area contributed by atoms with E-state index in [1.54, 1.807) is 0 Å². The molecular weight excluding hydrogens is 288 g/mol. The zero-order valence-corrected chi connectivity index (χ0v) is 10.7. The molecule has 0 aromatic rings. The average Bonchev–Trinajstić information content (AvgIpc) is 1.61. The van der Waals surface area contributed by atoms with Crippen LogP contribution in [0.5, 0.6) is 0 Å². The number of rotatable bonds is 3. The molecule has 0 aliphatic carbocycles. The zero-order valence-electron chi connectivity index (χ0n) is 5.59. The first-order valence-electron chi connectivity index (χ1n) is 2.31. The van der Waals surface area contributed by atoms with E-state index < -0.39 is 21.1 Å². The molecule has 0 radical (unpaired) electrons. The van der Waals surface area contributed by atoms with Crippen molar-refractivity contribution in [3.63, 3.8) is 0 Å². The second-order valence-electron chi connectivity index (χ2n) is 1.86. The molecule has 0 aliphatic rings. The van der Waals surface area contributed by atoms with Gasteiger partial charge in [-0.05, 0) is 8.98 Å². The summed E-state index contributed by atoms with van der Waals surface area (Å²) >= 11 is -3.37. The third kappa shape index (κ3) is 12.4. The first-order chi connectivity index (χ1) is 3.63. The van der Waals surface area contributed by atoms with Crippen molar-refractivity contribution in [1.29, 1.82) is 0 Å². The van der Waals surface area contributed by atoms with Crippen LogP contribution in [0.3, 0.4) is 0 Å². The van der Waals surface area contributed by atoms with Gasteiger partial charge in [0.15, 0.2) is 0 Å². The van der Waals surface area contributed by atoms with Crippen molar-refractivity contribution in [1.82, 2.24) is 0 Å². The summed E-state index contributed by atoms with van der Waals surface area (Å²) in [6.07, 6.45) is 0. The van der Waals surface area contributed by atoms with Crippen molar-refractivity contribution in [3.8, 4) is 0 Å². The topological polar surface area (TPSA) is 55.3 Å². The predicted octanol–water partition coefficient (Wildman–Crippen LogP) is -4.25. The fraction of sp³-hybridized carbons (Fsp3) is 1.00. The average molecular weight is 297 g/mol. The first kappa shape index (κ1) is 12.9. The quantitative estimate of drug-likeness (QED) is 0.392. The van der Waals surface area contributed by atoms with Crippen LogP contribution in [-0.4, -0.2) is 6.61 Å². The van der Waals surface area contributed by atoms with Crippen molar-refractivity contribution >= 4 is 0 Å². The largest absolute Gasteiger partial charge is 0.506 e. The van der Waals surface area contributed by atoms with Gasteiger partial charge >= 0.3 is 21.1 Å². The van der Waals surface area contributed by atoms with E-state index in [0.717, 1.165) is 0 Å². The predicted molar refractivity (Wildman–Crippen MR) is 20.8 cm³/mol. The molecule has 0 amide bonds. The minimum absolute atomic E-state index is 0. The summed E-state index contributed by atoms with van der Waals surface area (Å²) in [6.45, 7) is 4.14. The number of halogens is 1. The van der Waals surface area contributed by atoms with Gasteiger partial charge < -0.3 is 6.87 Å². The Bertz CT molecular complexity index is 51.8. The minimum atomic E-state index is -3.37. The molecule has 3 nitrogen and oxygen atoms in total. The molecule has 0 aromatic carbocycles. The van der Waals surface area contributed by atoms with Crippen LogP contribution in [0, 0.1) is 5.92 Å². The Morgan fingerprint density at radius 2 is 1.89 bits per heavy atom. The summed E-state index contributed by atoms with van der Waals surface area (Å²) in [5.41, 5.74) is 0. The Labute approximate surface area is 76.6 Å². The molecule has 0 heterocycles. The molecule has 52 valence electrons. The van der Waals surface area contributed by atoms with Gasteiger partial charge in [0.05, 0.1) is 0 Å². The molecule has 0 aromatic heterocycles. The Kier molecular flexibility index (Phi) is 10.5. The van der Waals surface area contributed by atoms with Crippen molar-refractivity contribution in [2.75, 3.05) is 6.61 Å². The van der Waals surface area contributed by atoms with Crippen molar-refractivity contribution in [2.45, 2.75) is 13.8 Å². The van der Waals surface area contributed by atoms with Crippen LogP contribution in [0.2, 0.25) is 0 Å². The molecule has 0 unspecified atom stereocenters. The van der Waals surface area contributed by atoms with Gasteiger partial charge in [0.2, 0.25) is 0 Å².